The average molecular weight is 259 g/mol. The number of aromatic nitrogens is 1. The third-order valence-corrected chi connectivity index (χ3v) is 3.16. The Labute approximate surface area is 109 Å². The zero-order chi connectivity index (χ0) is 13.2. The molecule has 2 heterocycles. The van der Waals surface area contributed by atoms with E-state index in [9.17, 15) is 4.79 Å². The first kappa shape index (κ1) is 11.9. The van der Waals surface area contributed by atoms with Gasteiger partial charge in [0.05, 0.1) is 18.8 Å². The fraction of sp³-hybridized carbons (Fsp3) is 0.286. The zero-order valence-corrected chi connectivity index (χ0v) is 10.2. The molecular weight excluding hydrogens is 246 g/mol. The molecule has 5 nitrogen and oxygen atoms in total. The van der Waals surface area contributed by atoms with Crippen LogP contribution in [0.1, 0.15) is 16.8 Å². The first-order valence-electron chi connectivity index (χ1n) is 6.11. The van der Waals surface area contributed by atoms with Gasteiger partial charge in [0.15, 0.2) is 0 Å². The van der Waals surface area contributed by atoms with E-state index >= 15 is 0 Å². The largest absolute Gasteiger partial charge is 0.478 e. The van der Waals surface area contributed by atoms with Gasteiger partial charge in [-0.1, -0.05) is 18.2 Å². The summed E-state index contributed by atoms with van der Waals surface area (Å²) >= 11 is 0. The van der Waals surface area contributed by atoms with Gasteiger partial charge < -0.3 is 14.6 Å². The van der Waals surface area contributed by atoms with Gasteiger partial charge in [-0.05, 0) is 6.07 Å². The predicted octanol–water partition coefficient (Wildman–Crippen LogP) is 2.10. The summed E-state index contributed by atoms with van der Waals surface area (Å²) < 4.78 is 11.1. The van der Waals surface area contributed by atoms with Gasteiger partial charge in [0.25, 0.3) is 0 Å². The van der Waals surface area contributed by atoms with Crippen molar-refractivity contribution < 1.29 is 19.4 Å². The predicted molar refractivity (Wildman–Crippen MR) is 68.6 cm³/mol. The summed E-state index contributed by atoms with van der Waals surface area (Å²) in [4.78, 5) is 15.3. The maximum absolute atomic E-state index is 11.2. The molecule has 2 aromatic rings. The van der Waals surface area contributed by atoms with Crippen molar-refractivity contribution in [2.75, 3.05) is 13.2 Å². The molecule has 19 heavy (non-hydrogen) atoms. The lowest BCUT2D eigenvalue weighted by molar-refractivity contribution is 0.0698. The van der Waals surface area contributed by atoms with Crippen LogP contribution < -0.4 is 4.74 Å². The van der Waals surface area contributed by atoms with Crippen LogP contribution in [-0.2, 0) is 4.74 Å². The Kier molecular flexibility index (Phi) is 3.05. The van der Waals surface area contributed by atoms with Crippen molar-refractivity contribution in [1.29, 1.82) is 0 Å². The summed E-state index contributed by atoms with van der Waals surface area (Å²) in [6.07, 6.45) is 2.17. The van der Waals surface area contributed by atoms with Crippen LogP contribution in [0.5, 0.6) is 5.88 Å². The first-order chi connectivity index (χ1) is 9.25. The van der Waals surface area contributed by atoms with Gasteiger partial charge in [0.1, 0.15) is 6.10 Å². The number of fused-ring (bicyclic) bond motifs is 1. The van der Waals surface area contributed by atoms with E-state index < -0.39 is 5.97 Å². The molecule has 0 aliphatic carbocycles. The fourth-order valence-electron chi connectivity index (χ4n) is 2.19. The second kappa shape index (κ2) is 4.85. The number of ether oxygens (including phenoxy) is 2. The number of carboxylic acids is 1. The molecule has 0 bridgehead atoms. The van der Waals surface area contributed by atoms with E-state index in [0.29, 0.717) is 29.9 Å². The number of benzene rings is 1. The topological polar surface area (TPSA) is 68.7 Å². The third kappa shape index (κ3) is 2.24. The van der Waals surface area contributed by atoms with Crippen LogP contribution in [0.2, 0.25) is 0 Å². The van der Waals surface area contributed by atoms with Crippen molar-refractivity contribution >= 4 is 16.7 Å². The highest BCUT2D eigenvalue weighted by molar-refractivity contribution is 6.04. The third-order valence-electron chi connectivity index (χ3n) is 3.16. The van der Waals surface area contributed by atoms with E-state index in [-0.39, 0.29) is 11.7 Å². The molecule has 5 heteroatoms. The quantitative estimate of drug-likeness (QED) is 0.914. The van der Waals surface area contributed by atoms with Gasteiger partial charge in [-0.2, -0.15) is 0 Å². The van der Waals surface area contributed by atoms with Crippen LogP contribution in [0.25, 0.3) is 10.8 Å². The van der Waals surface area contributed by atoms with E-state index in [1.807, 2.05) is 12.1 Å². The number of pyridine rings is 1. The van der Waals surface area contributed by atoms with E-state index in [1.165, 1.54) is 6.20 Å². The van der Waals surface area contributed by atoms with Gasteiger partial charge >= 0.3 is 5.97 Å². The lowest BCUT2D eigenvalue weighted by atomic mass is 10.1. The Morgan fingerprint density at radius 3 is 2.84 bits per heavy atom. The van der Waals surface area contributed by atoms with Gasteiger partial charge in [0.2, 0.25) is 5.88 Å². The van der Waals surface area contributed by atoms with Gasteiger partial charge in [-0.3, -0.25) is 0 Å². The Hall–Kier alpha value is -2.14. The van der Waals surface area contributed by atoms with Gasteiger partial charge in [-0.25, -0.2) is 9.78 Å². The van der Waals surface area contributed by atoms with Crippen LogP contribution >= 0.6 is 0 Å². The van der Waals surface area contributed by atoms with Gasteiger partial charge in [0, 0.05) is 23.4 Å². The Balaban J connectivity index is 2.05. The van der Waals surface area contributed by atoms with Crippen molar-refractivity contribution in [3.05, 3.63) is 36.0 Å². The van der Waals surface area contributed by atoms with E-state index in [1.54, 1.807) is 12.1 Å². The fourth-order valence-corrected chi connectivity index (χ4v) is 2.19. The average Bonchev–Trinajstić information content (AvgIpc) is 2.91. The summed E-state index contributed by atoms with van der Waals surface area (Å²) in [6, 6.07) is 7.23. The number of carbonyl (C=O) groups is 1. The normalized spacial score (nSPS) is 18.6. The van der Waals surface area contributed by atoms with E-state index in [0.717, 1.165) is 6.42 Å². The molecule has 1 aliphatic rings. The monoisotopic (exact) mass is 259 g/mol. The molecule has 1 aliphatic heterocycles. The molecule has 0 spiro atoms. The minimum Gasteiger partial charge on any atom is -0.478 e. The summed E-state index contributed by atoms with van der Waals surface area (Å²) in [6.45, 7) is 1.24. The minimum absolute atomic E-state index is 0.00779. The lowest BCUT2D eigenvalue weighted by Gasteiger charge is -2.13. The van der Waals surface area contributed by atoms with Crippen molar-refractivity contribution in [3.8, 4) is 5.88 Å². The van der Waals surface area contributed by atoms with Crippen molar-refractivity contribution in [2.24, 2.45) is 0 Å². The second-order valence-corrected chi connectivity index (χ2v) is 4.43. The number of hydrogen-bond donors (Lipinski definition) is 1. The van der Waals surface area contributed by atoms with E-state index in [4.69, 9.17) is 14.6 Å². The Morgan fingerprint density at radius 2 is 2.16 bits per heavy atom. The van der Waals surface area contributed by atoms with Crippen molar-refractivity contribution in [1.82, 2.24) is 4.98 Å². The van der Waals surface area contributed by atoms with Crippen molar-refractivity contribution in [3.63, 3.8) is 0 Å². The van der Waals surface area contributed by atoms with Crippen LogP contribution in [0, 0.1) is 0 Å². The van der Waals surface area contributed by atoms with Crippen LogP contribution in [0.15, 0.2) is 30.5 Å². The number of rotatable bonds is 3. The highest BCUT2D eigenvalue weighted by Gasteiger charge is 2.20. The standard InChI is InChI=1S/C14H13NO4/c16-14(17)12-7-15-13(19-9-5-6-18-8-9)11-4-2-1-3-10(11)12/h1-4,7,9H,5-6,8H2,(H,16,17). The Bertz CT molecular complexity index is 620. The number of carboxylic acid groups (broad SMARTS) is 1. The summed E-state index contributed by atoms with van der Waals surface area (Å²) in [5.41, 5.74) is 0.186. The molecule has 1 unspecified atom stereocenters. The number of aromatic carboxylic acids is 1. The molecule has 1 N–H and O–H groups in total. The van der Waals surface area contributed by atoms with Crippen LogP contribution in [0.3, 0.4) is 0 Å². The maximum atomic E-state index is 11.2. The molecule has 1 fully saturated rings. The summed E-state index contributed by atoms with van der Waals surface area (Å²) in [5, 5.41) is 10.5. The molecule has 3 rings (SSSR count). The Morgan fingerprint density at radius 1 is 1.37 bits per heavy atom. The molecule has 1 atom stereocenters. The number of nitrogens with zero attached hydrogens (tertiary/aromatic N) is 1. The lowest BCUT2D eigenvalue weighted by Crippen LogP contribution is -2.17. The van der Waals surface area contributed by atoms with Crippen LogP contribution in [0.4, 0.5) is 0 Å². The molecule has 1 aromatic carbocycles. The van der Waals surface area contributed by atoms with Crippen molar-refractivity contribution in [2.45, 2.75) is 12.5 Å². The molecule has 1 aromatic heterocycles. The molecular formula is C14H13NO4. The molecule has 1 saturated heterocycles. The molecule has 0 saturated carbocycles. The highest BCUT2D eigenvalue weighted by atomic mass is 16.5. The van der Waals surface area contributed by atoms with Crippen LogP contribution in [-0.4, -0.2) is 35.4 Å². The molecule has 0 radical (unpaired) electrons. The SMILES string of the molecule is O=C(O)c1cnc(OC2CCOC2)c2ccccc12. The minimum atomic E-state index is -0.987. The zero-order valence-electron chi connectivity index (χ0n) is 10.2. The first-order valence-corrected chi connectivity index (χ1v) is 6.11. The number of hydrogen-bond acceptors (Lipinski definition) is 4. The van der Waals surface area contributed by atoms with Gasteiger partial charge in [-0.15, -0.1) is 0 Å². The summed E-state index contributed by atoms with van der Waals surface area (Å²) in [7, 11) is 0. The summed E-state index contributed by atoms with van der Waals surface area (Å²) in [5.74, 6) is -0.518. The highest BCUT2D eigenvalue weighted by Crippen LogP contribution is 2.27. The molecule has 98 valence electrons. The smallest absolute Gasteiger partial charge is 0.337 e. The van der Waals surface area contributed by atoms with E-state index in [2.05, 4.69) is 4.98 Å². The second-order valence-electron chi connectivity index (χ2n) is 4.43. The maximum Gasteiger partial charge on any atom is 0.337 e. The molecule has 0 amide bonds.